The first-order valence-electron chi connectivity index (χ1n) is 4.71. The van der Waals surface area contributed by atoms with Gasteiger partial charge in [0.1, 0.15) is 0 Å². The molecule has 78 valence electrons. The molecule has 0 atom stereocenters. The molecule has 1 heterocycles. The van der Waals surface area contributed by atoms with Crippen molar-refractivity contribution in [3.05, 3.63) is 0 Å². The Morgan fingerprint density at radius 3 is 1.64 bits per heavy atom. The molecule has 5 heteroatoms. The third-order valence-electron chi connectivity index (χ3n) is 2.97. The summed E-state index contributed by atoms with van der Waals surface area (Å²) in [6.45, 7) is 7.83. The van der Waals surface area contributed by atoms with Gasteiger partial charge >= 0.3 is 7.12 Å². The molecule has 0 spiro atoms. The minimum absolute atomic E-state index is 0.387. The van der Waals surface area contributed by atoms with Crippen LogP contribution in [-0.2, 0) is 9.31 Å². The number of hydrogen-bond acceptors (Lipinski definition) is 4. The fraction of sp³-hybridized carbons (Fsp3) is 0.778. The normalized spacial score (nSPS) is 25.9. The van der Waals surface area contributed by atoms with Gasteiger partial charge in [-0.05, 0) is 27.7 Å². The average molecular weight is 196 g/mol. The largest absolute Gasteiger partial charge is 0.472 e. The van der Waals surface area contributed by atoms with Crippen molar-refractivity contribution in [3.63, 3.8) is 0 Å². The molecule has 1 fully saturated rings. The lowest BCUT2D eigenvalue weighted by Crippen LogP contribution is -2.41. The molecule has 0 bridgehead atoms. The molecule has 0 amide bonds. The van der Waals surface area contributed by atoms with Crippen molar-refractivity contribution in [3.8, 4) is 0 Å². The summed E-state index contributed by atoms with van der Waals surface area (Å²) in [6, 6.07) is 0. The van der Waals surface area contributed by atoms with Crippen LogP contribution < -0.4 is 0 Å². The zero-order chi connectivity index (χ0) is 11.0. The van der Waals surface area contributed by atoms with E-state index in [0.29, 0.717) is 0 Å². The second-order valence-electron chi connectivity index (χ2n) is 4.54. The Bertz CT molecular complexity index is 229. The highest BCUT2D eigenvalue weighted by atomic mass is 16.7. The quantitative estimate of drug-likeness (QED) is 0.533. The predicted molar refractivity (Wildman–Crippen MR) is 57.4 cm³/mol. The van der Waals surface area contributed by atoms with Crippen LogP contribution in [0.5, 0.6) is 0 Å². The smallest absolute Gasteiger partial charge is 0.403 e. The van der Waals surface area contributed by atoms with Crippen molar-refractivity contribution >= 4 is 19.5 Å². The first-order valence-corrected chi connectivity index (χ1v) is 4.71. The third kappa shape index (κ3) is 1.74. The Labute approximate surface area is 85.1 Å². The van der Waals surface area contributed by atoms with Crippen molar-refractivity contribution in [2.45, 2.75) is 44.7 Å². The van der Waals surface area contributed by atoms with Gasteiger partial charge in [-0.1, -0.05) is 0 Å². The van der Waals surface area contributed by atoms with Crippen molar-refractivity contribution in [1.29, 1.82) is 10.8 Å². The van der Waals surface area contributed by atoms with E-state index in [-0.39, 0.29) is 11.2 Å². The van der Waals surface area contributed by atoms with E-state index < -0.39 is 12.9 Å². The third-order valence-corrected chi connectivity index (χ3v) is 2.97. The summed E-state index contributed by atoms with van der Waals surface area (Å²) in [4.78, 5) is 0. The summed E-state index contributed by atoms with van der Waals surface area (Å²) in [5.41, 5.74) is -0.774. The van der Waals surface area contributed by atoms with Crippen LogP contribution in [0.2, 0.25) is 5.82 Å². The average Bonchev–Trinajstić information content (AvgIpc) is 2.23. The molecule has 1 saturated heterocycles. The predicted octanol–water partition coefficient (Wildman–Crippen LogP) is 1.75. The number of hydrogen-bond donors (Lipinski definition) is 2. The summed E-state index contributed by atoms with van der Waals surface area (Å²) < 4.78 is 11.4. The molecule has 0 radical (unpaired) electrons. The first kappa shape index (κ1) is 11.4. The van der Waals surface area contributed by atoms with Gasteiger partial charge in [-0.15, -0.1) is 0 Å². The Kier molecular flexibility index (Phi) is 2.83. The van der Waals surface area contributed by atoms with E-state index in [0.717, 1.165) is 0 Å². The van der Waals surface area contributed by atoms with Crippen LogP contribution in [0.15, 0.2) is 0 Å². The topological polar surface area (TPSA) is 66.2 Å². The van der Waals surface area contributed by atoms with Gasteiger partial charge in [-0.3, -0.25) is 0 Å². The van der Waals surface area contributed by atoms with Crippen molar-refractivity contribution in [2.75, 3.05) is 0 Å². The fourth-order valence-corrected chi connectivity index (χ4v) is 1.25. The number of nitrogens with one attached hydrogen (secondary N) is 2. The molecule has 4 nitrogen and oxygen atoms in total. The van der Waals surface area contributed by atoms with E-state index in [2.05, 4.69) is 0 Å². The van der Waals surface area contributed by atoms with Crippen LogP contribution in [-0.4, -0.2) is 30.7 Å². The monoisotopic (exact) mass is 196 g/mol. The lowest BCUT2D eigenvalue weighted by atomic mass is 9.73. The lowest BCUT2D eigenvalue weighted by molar-refractivity contribution is 0.00578. The lowest BCUT2D eigenvalue weighted by Gasteiger charge is -2.32. The molecular formula is C9H17BN2O2. The molecule has 0 aromatic carbocycles. The molecule has 0 aromatic heterocycles. The van der Waals surface area contributed by atoms with E-state index in [1.807, 2.05) is 27.7 Å². The minimum Gasteiger partial charge on any atom is -0.403 e. The zero-order valence-corrected chi connectivity index (χ0v) is 9.13. The highest BCUT2D eigenvalue weighted by Crippen LogP contribution is 2.39. The molecule has 1 aliphatic rings. The van der Waals surface area contributed by atoms with Gasteiger partial charge in [-0.25, -0.2) is 0 Å². The van der Waals surface area contributed by atoms with E-state index >= 15 is 0 Å². The van der Waals surface area contributed by atoms with Crippen molar-refractivity contribution in [1.82, 2.24) is 0 Å². The maximum absolute atomic E-state index is 7.15. The Balaban J connectivity index is 2.81. The van der Waals surface area contributed by atoms with Gasteiger partial charge < -0.3 is 20.1 Å². The van der Waals surface area contributed by atoms with Crippen LogP contribution in [0.1, 0.15) is 27.7 Å². The van der Waals surface area contributed by atoms with Crippen LogP contribution in [0.4, 0.5) is 0 Å². The van der Waals surface area contributed by atoms with Gasteiger partial charge in [-0.2, -0.15) is 0 Å². The molecule has 0 aromatic rings. The molecule has 0 aliphatic carbocycles. The molecule has 2 N–H and O–H groups in total. The minimum atomic E-state index is -0.505. The van der Waals surface area contributed by atoms with Gasteiger partial charge in [0, 0.05) is 12.4 Å². The molecular weight excluding hydrogens is 179 g/mol. The summed E-state index contributed by atoms with van der Waals surface area (Å²) in [5.74, 6) is -0.393. The van der Waals surface area contributed by atoms with Gasteiger partial charge in [0.2, 0.25) is 0 Å². The van der Waals surface area contributed by atoms with Gasteiger partial charge in [0.05, 0.1) is 17.0 Å². The van der Waals surface area contributed by atoms with Crippen molar-refractivity contribution in [2.24, 2.45) is 0 Å². The molecule has 0 saturated carbocycles. The SMILES string of the molecule is CC1(C)OB(C(C=N)C=N)OC1(C)C. The van der Waals surface area contributed by atoms with Gasteiger partial charge in [0.25, 0.3) is 0 Å². The maximum atomic E-state index is 7.15. The van der Waals surface area contributed by atoms with E-state index in [4.69, 9.17) is 20.1 Å². The van der Waals surface area contributed by atoms with E-state index in [1.54, 1.807) is 0 Å². The molecule has 14 heavy (non-hydrogen) atoms. The molecule has 0 unspecified atom stereocenters. The van der Waals surface area contributed by atoms with Crippen LogP contribution in [0.3, 0.4) is 0 Å². The second-order valence-corrected chi connectivity index (χ2v) is 4.54. The zero-order valence-electron chi connectivity index (χ0n) is 9.13. The number of rotatable bonds is 3. The van der Waals surface area contributed by atoms with Crippen LogP contribution in [0, 0.1) is 10.8 Å². The maximum Gasteiger partial charge on any atom is 0.472 e. The van der Waals surface area contributed by atoms with Crippen molar-refractivity contribution < 1.29 is 9.31 Å². The van der Waals surface area contributed by atoms with E-state index in [1.165, 1.54) is 12.4 Å². The van der Waals surface area contributed by atoms with Gasteiger partial charge in [0.15, 0.2) is 0 Å². The van der Waals surface area contributed by atoms with Crippen LogP contribution in [0.25, 0.3) is 0 Å². The summed E-state index contributed by atoms with van der Waals surface area (Å²) >= 11 is 0. The Morgan fingerprint density at radius 1 is 1.00 bits per heavy atom. The standard InChI is InChI=1S/C9H17BN2O2/c1-8(2)9(3,4)14-10(13-8)7(5-11)6-12/h5-7,11-12H,1-4H3. The van der Waals surface area contributed by atoms with Crippen LogP contribution >= 0.6 is 0 Å². The van der Waals surface area contributed by atoms with E-state index in [9.17, 15) is 0 Å². The summed E-state index contributed by atoms with van der Waals surface area (Å²) in [5, 5.41) is 14.3. The summed E-state index contributed by atoms with van der Waals surface area (Å²) in [7, 11) is -0.505. The highest BCUT2D eigenvalue weighted by molar-refractivity contribution is 6.56. The molecule has 1 aliphatic heterocycles. The highest BCUT2D eigenvalue weighted by Gasteiger charge is 2.53. The Morgan fingerprint density at radius 2 is 1.36 bits per heavy atom. The summed E-state index contributed by atoms with van der Waals surface area (Å²) in [6.07, 6.45) is 2.35. The Hall–Kier alpha value is -0.675. The first-order chi connectivity index (χ1) is 6.34. The molecule has 1 rings (SSSR count). The fourth-order valence-electron chi connectivity index (χ4n) is 1.25. The second kappa shape index (κ2) is 3.48.